The zero-order valence-electron chi connectivity index (χ0n) is 9.85. The SMILES string of the molecule is CC(C)Cc1ccc2nc(CCN)cn2n1. The van der Waals surface area contributed by atoms with E-state index < -0.39 is 0 Å². The summed E-state index contributed by atoms with van der Waals surface area (Å²) < 4.78 is 1.85. The van der Waals surface area contributed by atoms with E-state index in [-0.39, 0.29) is 0 Å². The Bertz CT molecular complexity index is 473. The van der Waals surface area contributed by atoms with Crippen molar-refractivity contribution in [1.29, 1.82) is 0 Å². The molecule has 2 rings (SSSR count). The maximum absolute atomic E-state index is 5.51. The molecule has 0 saturated carbocycles. The number of hydrogen-bond donors (Lipinski definition) is 1. The molecule has 0 aliphatic carbocycles. The van der Waals surface area contributed by atoms with E-state index in [1.54, 1.807) is 0 Å². The van der Waals surface area contributed by atoms with Crippen LogP contribution in [0.2, 0.25) is 0 Å². The minimum absolute atomic E-state index is 0.622. The third-order valence-electron chi connectivity index (χ3n) is 2.44. The van der Waals surface area contributed by atoms with Gasteiger partial charge in [0.2, 0.25) is 0 Å². The first kappa shape index (κ1) is 11.1. The number of nitrogens with zero attached hydrogens (tertiary/aromatic N) is 3. The van der Waals surface area contributed by atoms with Gasteiger partial charge in [-0.25, -0.2) is 9.50 Å². The van der Waals surface area contributed by atoms with Crippen molar-refractivity contribution >= 4 is 5.65 Å². The molecule has 2 aromatic rings. The molecule has 0 radical (unpaired) electrons. The quantitative estimate of drug-likeness (QED) is 0.844. The maximum atomic E-state index is 5.51. The molecule has 0 fully saturated rings. The topological polar surface area (TPSA) is 56.2 Å². The average molecular weight is 218 g/mol. The summed E-state index contributed by atoms with van der Waals surface area (Å²) in [4.78, 5) is 4.44. The van der Waals surface area contributed by atoms with E-state index in [0.29, 0.717) is 12.5 Å². The lowest BCUT2D eigenvalue weighted by Crippen LogP contribution is -2.02. The predicted molar refractivity (Wildman–Crippen MR) is 64.3 cm³/mol. The molecule has 0 aliphatic rings. The lowest BCUT2D eigenvalue weighted by Gasteiger charge is -2.03. The number of imidazole rings is 1. The minimum atomic E-state index is 0.622. The molecule has 0 aromatic carbocycles. The van der Waals surface area contributed by atoms with E-state index >= 15 is 0 Å². The van der Waals surface area contributed by atoms with Crippen LogP contribution >= 0.6 is 0 Å². The number of rotatable bonds is 4. The van der Waals surface area contributed by atoms with Crippen molar-refractivity contribution in [3.8, 4) is 0 Å². The lowest BCUT2D eigenvalue weighted by molar-refractivity contribution is 0.624. The van der Waals surface area contributed by atoms with Crippen LogP contribution in [0.25, 0.3) is 5.65 Å². The molecule has 2 aromatic heterocycles. The molecule has 4 heteroatoms. The highest BCUT2D eigenvalue weighted by molar-refractivity contribution is 5.38. The Kier molecular flexibility index (Phi) is 3.19. The fourth-order valence-corrected chi connectivity index (χ4v) is 1.77. The second kappa shape index (κ2) is 4.61. The summed E-state index contributed by atoms with van der Waals surface area (Å²) in [6, 6.07) is 4.07. The first-order chi connectivity index (χ1) is 7.69. The van der Waals surface area contributed by atoms with E-state index in [2.05, 4.69) is 30.0 Å². The van der Waals surface area contributed by atoms with Crippen molar-refractivity contribution in [3.05, 3.63) is 29.7 Å². The highest BCUT2D eigenvalue weighted by Gasteiger charge is 2.04. The second-order valence-electron chi connectivity index (χ2n) is 4.50. The van der Waals surface area contributed by atoms with Crippen LogP contribution < -0.4 is 5.73 Å². The molecule has 16 heavy (non-hydrogen) atoms. The molecule has 4 nitrogen and oxygen atoms in total. The van der Waals surface area contributed by atoms with Crippen molar-refractivity contribution < 1.29 is 0 Å². The Morgan fingerprint density at radius 3 is 2.81 bits per heavy atom. The summed E-state index contributed by atoms with van der Waals surface area (Å²) >= 11 is 0. The Balaban J connectivity index is 2.30. The smallest absolute Gasteiger partial charge is 0.153 e. The Hall–Kier alpha value is -1.42. The molecule has 0 bridgehead atoms. The van der Waals surface area contributed by atoms with Gasteiger partial charge in [0.1, 0.15) is 0 Å². The third kappa shape index (κ3) is 2.39. The van der Waals surface area contributed by atoms with E-state index in [1.807, 2.05) is 16.8 Å². The molecule has 2 N–H and O–H groups in total. The molecular formula is C12H18N4. The fraction of sp³-hybridized carbons (Fsp3) is 0.500. The van der Waals surface area contributed by atoms with Gasteiger partial charge in [-0.15, -0.1) is 0 Å². The summed E-state index contributed by atoms with van der Waals surface area (Å²) in [6.45, 7) is 5.02. The predicted octanol–water partition coefficient (Wildman–Crippen LogP) is 1.43. The normalized spacial score (nSPS) is 11.5. The highest BCUT2D eigenvalue weighted by Crippen LogP contribution is 2.08. The number of aromatic nitrogens is 3. The van der Waals surface area contributed by atoms with Gasteiger partial charge in [0, 0.05) is 6.42 Å². The van der Waals surface area contributed by atoms with Crippen LogP contribution in [0.4, 0.5) is 0 Å². The number of nitrogens with two attached hydrogens (primary N) is 1. The Morgan fingerprint density at radius 1 is 1.31 bits per heavy atom. The standard InChI is InChI=1S/C12H18N4/c1-9(2)7-10-3-4-12-14-11(5-6-13)8-16(12)15-10/h3-4,8-9H,5-7,13H2,1-2H3. The molecule has 2 heterocycles. The van der Waals surface area contributed by atoms with Crippen molar-refractivity contribution in [3.63, 3.8) is 0 Å². The molecular weight excluding hydrogens is 200 g/mol. The van der Waals surface area contributed by atoms with E-state index in [4.69, 9.17) is 5.73 Å². The van der Waals surface area contributed by atoms with Crippen LogP contribution in [0.1, 0.15) is 25.2 Å². The Morgan fingerprint density at radius 2 is 2.12 bits per heavy atom. The van der Waals surface area contributed by atoms with Gasteiger partial charge in [-0.05, 0) is 31.0 Å². The molecule has 0 unspecified atom stereocenters. The van der Waals surface area contributed by atoms with Crippen LogP contribution in [0.15, 0.2) is 18.3 Å². The maximum Gasteiger partial charge on any atom is 0.153 e. The van der Waals surface area contributed by atoms with E-state index in [1.165, 1.54) is 0 Å². The average Bonchev–Trinajstić information content (AvgIpc) is 2.59. The zero-order valence-corrected chi connectivity index (χ0v) is 9.85. The summed E-state index contributed by atoms with van der Waals surface area (Å²) in [5, 5.41) is 4.53. The van der Waals surface area contributed by atoms with Gasteiger partial charge < -0.3 is 5.73 Å². The molecule has 0 atom stereocenters. The van der Waals surface area contributed by atoms with Crippen LogP contribution in [0, 0.1) is 5.92 Å². The van der Waals surface area contributed by atoms with Crippen LogP contribution in [0.3, 0.4) is 0 Å². The molecule has 0 amide bonds. The largest absolute Gasteiger partial charge is 0.330 e. The monoisotopic (exact) mass is 218 g/mol. The highest BCUT2D eigenvalue weighted by atomic mass is 15.2. The fourth-order valence-electron chi connectivity index (χ4n) is 1.77. The zero-order chi connectivity index (χ0) is 11.5. The third-order valence-corrected chi connectivity index (χ3v) is 2.44. The van der Waals surface area contributed by atoms with Crippen LogP contribution in [0.5, 0.6) is 0 Å². The molecule has 0 spiro atoms. The van der Waals surface area contributed by atoms with Crippen molar-refractivity contribution in [2.45, 2.75) is 26.7 Å². The van der Waals surface area contributed by atoms with E-state index in [9.17, 15) is 0 Å². The lowest BCUT2D eigenvalue weighted by atomic mass is 10.1. The molecule has 0 saturated heterocycles. The van der Waals surface area contributed by atoms with Crippen molar-refractivity contribution in [2.24, 2.45) is 11.7 Å². The van der Waals surface area contributed by atoms with Gasteiger partial charge in [-0.1, -0.05) is 13.8 Å². The van der Waals surface area contributed by atoms with Gasteiger partial charge in [0.25, 0.3) is 0 Å². The van der Waals surface area contributed by atoms with Gasteiger partial charge >= 0.3 is 0 Å². The van der Waals surface area contributed by atoms with Crippen LogP contribution in [-0.4, -0.2) is 21.1 Å². The second-order valence-corrected chi connectivity index (χ2v) is 4.50. The van der Waals surface area contributed by atoms with Gasteiger partial charge in [0.05, 0.1) is 17.6 Å². The minimum Gasteiger partial charge on any atom is -0.330 e. The molecule has 86 valence electrons. The van der Waals surface area contributed by atoms with Gasteiger partial charge in [0.15, 0.2) is 5.65 Å². The summed E-state index contributed by atoms with van der Waals surface area (Å²) in [6.07, 6.45) is 3.77. The van der Waals surface area contributed by atoms with Crippen molar-refractivity contribution in [1.82, 2.24) is 14.6 Å². The van der Waals surface area contributed by atoms with E-state index in [0.717, 1.165) is 29.9 Å². The number of hydrogen-bond acceptors (Lipinski definition) is 3. The van der Waals surface area contributed by atoms with Gasteiger partial charge in [-0.2, -0.15) is 5.10 Å². The first-order valence-electron chi connectivity index (χ1n) is 5.73. The summed E-state index contributed by atoms with van der Waals surface area (Å²) in [5.41, 5.74) is 8.53. The van der Waals surface area contributed by atoms with Crippen LogP contribution in [-0.2, 0) is 12.8 Å². The van der Waals surface area contributed by atoms with Gasteiger partial charge in [-0.3, -0.25) is 0 Å². The molecule has 0 aliphatic heterocycles. The summed E-state index contributed by atoms with van der Waals surface area (Å²) in [7, 11) is 0. The summed E-state index contributed by atoms with van der Waals surface area (Å²) in [5.74, 6) is 0.622. The van der Waals surface area contributed by atoms with Crippen molar-refractivity contribution in [2.75, 3.05) is 6.54 Å². The number of fused-ring (bicyclic) bond motifs is 1. The first-order valence-corrected chi connectivity index (χ1v) is 5.73. The Labute approximate surface area is 95.5 Å².